The lowest BCUT2D eigenvalue weighted by Gasteiger charge is -2.44. The van der Waals surface area contributed by atoms with Crippen molar-refractivity contribution >= 4 is 17.8 Å². The van der Waals surface area contributed by atoms with Crippen molar-refractivity contribution in [2.75, 3.05) is 19.6 Å². The molecule has 4 rings (SSSR count). The Morgan fingerprint density at radius 1 is 1.11 bits per heavy atom. The highest BCUT2D eigenvalue weighted by Gasteiger charge is 2.48. The highest BCUT2D eigenvalue weighted by Crippen LogP contribution is 2.46. The average molecular weight is 383 g/mol. The standard InChI is InChI=1S/C22H29N3O3/c1-3-23-12-13-24(20(27)19(23)26)21(28)25-15-17-8-4-5-9-18(17)16(2)14-22(25)10-6-7-11-22/h4-5,8-9,16H,3,6-7,10-15H2,1-2H3. The molecule has 1 atom stereocenters. The summed E-state index contributed by atoms with van der Waals surface area (Å²) in [6, 6.07) is 8.02. The fraction of sp³-hybridized carbons (Fsp3) is 0.591. The number of carbonyl (C=O) groups is 3. The molecular formula is C22H29N3O3. The van der Waals surface area contributed by atoms with Crippen molar-refractivity contribution in [1.82, 2.24) is 14.7 Å². The van der Waals surface area contributed by atoms with Crippen molar-refractivity contribution in [1.29, 1.82) is 0 Å². The highest BCUT2D eigenvalue weighted by molar-refractivity contribution is 6.38. The molecule has 1 saturated heterocycles. The Hall–Kier alpha value is -2.37. The first-order valence-corrected chi connectivity index (χ1v) is 10.5. The number of nitrogens with zero attached hydrogens (tertiary/aromatic N) is 3. The van der Waals surface area contributed by atoms with E-state index in [1.54, 1.807) is 0 Å². The van der Waals surface area contributed by atoms with E-state index < -0.39 is 11.8 Å². The number of likely N-dealkylation sites (N-methyl/N-ethyl adjacent to an activating group) is 1. The van der Waals surface area contributed by atoms with Crippen LogP contribution in [0.2, 0.25) is 0 Å². The van der Waals surface area contributed by atoms with Crippen LogP contribution in [0.3, 0.4) is 0 Å². The van der Waals surface area contributed by atoms with Gasteiger partial charge in [-0.2, -0.15) is 0 Å². The van der Waals surface area contributed by atoms with Crippen LogP contribution in [0.1, 0.15) is 63.0 Å². The lowest BCUT2D eigenvalue weighted by Crippen LogP contribution is -2.61. The van der Waals surface area contributed by atoms with Gasteiger partial charge in [-0.05, 0) is 43.2 Å². The molecule has 3 aliphatic rings. The van der Waals surface area contributed by atoms with Crippen LogP contribution in [-0.4, -0.2) is 57.7 Å². The molecular weight excluding hydrogens is 354 g/mol. The van der Waals surface area contributed by atoms with Crippen molar-refractivity contribution in [2.45, 2.75) is 64.0 Å². The molecule has 0 radical (unpaired) electrons. The predicted octanol–water partition coefficient (Wildman–Crippen LogP) is 3.12. The van der Waals surface area contributed by atoms with E-state index in [2.05, 4.69) is 25.1 Å². The molecule has 2 aliphatic heterocycles. The molecule has 1 unspecified atom stereocenters. The Balaban J connectivity index is 1.68. The monoisotopic (exact) mass is 383 g/mol. The largest absolute Gasteiger partial charge is 0.333 e. The highest BCUT2D eigenvalue weighted by atomic mass is 16.2. The molecule has 2 heterocycles. The van der Waals surface area contributed by atoms with E-state index >= 15 is 0 Å². The molecule has 6 nitrogen and oxygen atoms in total. The van der Waals surface area contributed by atoms with Gasteiger partial charge in [0.25, 0.3) is 0 Å². The molecule has 0 bridgehead atoms. The zero-order chi connectivity index (χ0) is 19.9. The minimum absolute atomic E-state index is 0.221. The van der Waals surface area contributed by atoms with Gasteiger partial charge >= 0.3 is 17.8 Å². The second kappa shape index (κ2) is 7.22. The van der Waals surface area contributed by atoms with Gasteiger partial charge in [-0.15, -0.1) is 0 Å². The normalized spacial score (nSPS) is 24.5. The predicted molar refractivity (Wildman–Crippen MR) is 106 cm³/mol. The number of amides is 4. The molecule has 6 heteroatoms. The number of fused-ring (bicyclic) bond motifs is 1. The van der Waals surface area contributed by atoms with Gasteiger partial charge in [0.2, 0.25) is 0 Å². The number of carbonyl (C=O) groups excluding carboxylic acids is 3. The van der Waals surface area contributed by atoms with E-state index in [0.29, 0.717) is 25.6 Å². The van der Waals surface area contributed by atoms with Gasteiger partial charge < -0.3 is 9.80 Å². The van der Waals surface area contributed by atoms with Gasteiger partial charge in [0.1, 0.15) is 0 Å². The van der Waals surface area contributed by atoms with Crippen molar-refractivity contribution < 1.29 is 14.4 Å². The van der Waals surface area contributed by atoms with Crippen molar-refractivity contribution in [2.24, 2.45) is 0 Å². The first-order valence-electron chi connectivity index (χ1n) is 10.5. The van der Waals surface area contributed by atoms with Crippen LogP contribution >= 0.6 is 0 Å². The Labute approximate surface area is 166 Å². The zero-order valence-electron chi connectivity index (χ0n) is 16.8. The van der Waals surface area contributed by atoms with Gasteiger partial charge in [0.15, 0.2) is 0 Å². The maximum atomic E-state index is 13.6. The summed E-state index contributed by atoms with van der Waals surface area (Å²) in [5.41, 5.74) is 2.22. The Morgan fingerprint density at radius 2 is 1.82 bits per heavy atom. The van der Waals surface area contributed by atoms with Crippen LogP contribution in [0, 0.1) is 0 Å². The molecule has 1 aromatic rings. The third-order valence-corrected chi connectivity index (χ3v) is 6.86. The molecule has 1 saturated carbocycles. The summed E-state index contributed by atoms with van der Waals surface area (Å²) in [6.07, 6.45) is 5.04. The lowest BCUT2D eigenvalue weighted by molar-refractivity contribution is -0.154. The van der Waals surface area contributed by atoms with Crippen LogP contribution in [0.5, 0.6) is 0 Å². The minimum atomic E-state index is -0.683. The maximum absolute atomic E-state index is 13.6. The molecule has 150 valence electrons. The summed E-state index contributed by atoms with van der Waals surface area (Å²) >= 11 is 0. The van der Waals surface area contributed by atoms with Gasteiger partial charge in [0, 0.05) is 31.7 Å². The molecule has 1 aliphatic carbocycles. The summed E-state index contributed by atoms with van der Waals surface area (Å²) in [7, 11) is 0. The lowest BCUT2D eigenvalue weighted by atomic mass is 9.83. The van der Waals surface area contributed by atoms with Crippen molar-refractivity contribution in [3.8, 4) is 0 Å². The van der Waals surface area contributed by atoms with Crippen LogP contribution in [0.15, 0.2) is 24.3 Å². The van der Waals surface area contributed by atoms with Crippen LogP contribution in [-0.2, 0) is 16.1 Å². The van der Waals surface area contributed by atoms with E-state index in [0.717, 1.165) is 37.7 Å². The maximum Gasteiger partial charge on any atom is 0.327 e. The number of hydrogen-bond acceptors (Lipinski definition) is 3. The third kappa shape index (κ3) is 2.99. The van der Waals surface area contributed by atoms with Crippen LogP contribution in [0.25, 0.3) is 0 Å². The zero-order valence-corrected chi connectivity index (χ0v) is 16.8. The Kier molecular flexibility index (Phi) is 4.89. The van der Waals surface area contributed by atoms with Crippen LogP contribution < -0.4 is 0 Å². The summed E-state index contributed by atoms with van der Waals surface area (Å²) in [5, 5.41) is 0. The second-order valence-electron chi connectivity index (χ2n) is 8.45. The Bertz CT molecular complexity index is 800. The summed E-state index contributed by atoms with van der Waals surface area (Å²) in [6.45, 7) is 5.78. The number of hydrogen-bond donors (Lipinski definition) is 0. The molecule has 2 fully saturated rings. The van der Waals surface area contributed by atoms with Gasteiger partial charge in [0.05, 0.1) is 0 Å². The second-order valence-corrected chi connectivity index (χ2v) is 8.45. The number of benzene rings is 1. The van der Waals surface area contributed by atoms with E-state index in [1.165, 1.54) is 15.4 Å². The molecule has 4 amide bonds. The third-order valence-electron chi connectivity index (χ3n) is 6.86. The molecule has 1 spiro atoms. The topological polar surface area (TPSA) is 60.9 Å². The van der Waals surface area contributed by atoms with Gasteiger partial charge in [-0.3, -0.25) is 14.5 Å². The summed E-state index contributed by atoms with van der Waals surface area (Å²) in [4.78, 5) is 43.2. The fourth-order valence-corrected chi connectivity index (χ4v) is 5.37. The molecule has 1 aromatic carbocycles. The van der Waals surface area contributed by atoms with E-state index in [1.807, 2.05) is 17.9 Å². The first-order chi connectivity index (χ1) is 13.5. The smallest absolute Gasteiger partial charge is 0.327 e. The molecule has 28 heavy (non-hydrogen) atoms. The number of urea groups is 1. The average Bonchev–Trinajstić information content (AvgIpc) is 3.12. The van der Waals surface area contributed by atoms with E-state index in [-0.39, 0.29) is 18.1 Å². The quantitative estimate of drug-likeness (QED) is 0.700. The number of rotatable bonds is 1. The minimum Gasteiger partial charge on any atom is -0.333 e. The summed E-state index contributed by atoms with van der Waals surface area (Å²) < 4.78 is 0. The van der Waals surface area contributed by atoms with Gasteiger partial charge in [-0.1, -0.05) is 44.0 Å². The van der Waals surface area contributed by atoms with Gasteiger partial charge in [-0.25, -0.2) is 4.79 Å². The SMILES string of the molecule is CCN1CCN(C(=O)N2Cc3ccccc3C(C)CC23CCCC3)C(=O)C1=O. The van der Waals surface area contributed by atoms with E-state index in [9.17, 15) is 14.4 Å². The number of imide groups is 1. The first kappa shape index (κ1) is 19.0. The fourth-order valence-electron chi connectivity index (χ4n) is 5.37. The van der Waals surface area contributed by atoms with Crippen LogP contribution in [0.4, 0.5) is 4.79 Å². The molecule has 0 aromatic heterocycles. The van der Waals surface area contributed by atoms with Crippen molar-refractivity contribution in [3.05, 3.63) is 35.4 Å². The van der Waals surface area contributed by atoms with E-state index in [4.69, 9.17) is 0 Å². The Morgan fingerprint density at radius 3 is 2.54 bits per heavy atom. The van der Waals surface area contributed by atoms with Crippen molar-refractivity contribution in [3.63, 3.8) is 0 Å². The number of piperazine rings is 1. The summed E-state index contributed by atoms with van der Waals surface area (Å²) in [5.74, 6) is -0.885. The molecule has 0 N–H and O–H groups in total.